The van der Waals surface area contributed by atoms with Crippen LogP contribution in [-0.2, 0) is 33.3 Å². The molecule has 2 atom stereocenters. The van der Waals surface area contributed by atoms with E-state index in [1.165, 1.54) is 199 Å². The Balaban J connectivity index is 4.09. The number of ether oxygens (including phenoxy) is 4. The lowest BCUT2D eigenvalue weighted by Gasteiger charge is -2.25. The molecule has 9 heteroatoms. The molecule has 0 fully saturated rings. The topological polar surface area (TPSA) is 108 Å². The van der Waals surface area contributed by atoms with Gasteiger partial charge in [-0.3, -0.25) is 9.59 Å². The van der Waals surface area contributed by atoms with Gasteiger partial charge in [0.2, 0.25) is 0 Å². The third-order valence-corrected chi connectivity index (χ3v) is 15.2. The van der Waals surface area contributed by atoms with E-state index in [1.54, 1.807) is 0 Å². The summed E-state index contributed by atoms with van der Waals surface area (Å²) in [5.74, 6) is -2.03. The van der Waals surface area contributed by atoms with Crippen molar-refractivity contribution in [3.63, 3.8) is 0 Å². The van der Waals surface area contributed by atoms with Crippen molar-refractivity contribution in [1.82, 2.24) is 0 Å². The summed E-state index contributed by atoms with van der Waals surface area (Å²) in [6.07, 6.45) is 81.7. The predicted octanol–water partition coefficient (Wildman–Crippen LogP) is 21.3. The standard InChI is InChI=1S/C73H131NO8/c1-6-8-10-12-14-16-18-20-22-24-26-28-30-31-32-33-34-35-36-37-38-39-40-42-43-45-47-49-51-53-55-57-59-61-63-70(75)80-67-69(68-81-73(72(77)78)79-66-65-74(3,4)5)82-71(76)64-62-60-58-56-54-52-50-48-46-44-41-29-27-25-23-21-19-17-15-13-11-9-7-2/h9,11,15,17,21,23,27,29,44,46,50,52,69,73H,6-8,10,12-14,16,18-20,22,24-26,28,30-43,45,47-49,51,53-68H2,1-5H3/p+1/b11-9-,17-15-,23-21-,29-27-,46-44-,52-50-. The van der Waals surface area contributed by atoms with Gasteiger partial charge >= 0.3 is 17.9 Å². The maximum atomic E-state index is 12.9. The van der Waals surface area contributed by atoms with E-state index >= 15 is 0 Å². The molecule has 0 saturated heterocycles. The van der Waals surface area contributed by atoms with Crippen LogP contribution in [0.25, 0.3) is 0 Å². The molecule has 0 bridgehead atoms. The highest BCUT2D eigenvalue weighted by Gasteiger charge is 2.25. The number of carbonyl (C=O) groups excluding carboxylic acids is 2. The van der Waals surface area contributed by atoms with Crippen LogP contribution in [0.3, 0.4) is 0 Å². The van der Waals surface area contributed by atoms with Crippen molar-refractivity contribution >= 4 is 17.9 Å². The fraction of sp³-hybridized carbons (Fsp3) is 0.795. The third-order valence-electron chi connectivity index (χ3n) is 15.2. The normalized spacial score (nSPS) is 13.1. The van der Waals surface area contributed by atoms with Crippen LogP contribution in [0.2, 0.25) is 0 Å². The largest absolute Gasteiger partial charge is 0.477 e. The Morgan fingerprint density at radius 3 is 1.04 bits per heavy atom. The van der Waals surface area contributed by atoms with E-state index in [0.29, 0.717) is 23.9 Å². The quantitative estimate of drug-likeness (QED) is 0.0211. The molecule has 476 valence electrons. The summed E-state index contributed by atoms with van der Waals surface area (Å²) in [6.45, 7) is 4.77. The minimum atomic E-state index is -1.52. The maximum absolute atomic E-state index is 12.9. The molecule has 0 aromatic rings. The highest BCUT2D eigenvalue weighted by Crippen LogP contribution is 2.18. The van der Waals surface area contributed by atoms with E-state index in [9.17, 15) is 19.5 Å². The number of carboxylic acid groups (broad SMARTS) is 1. The summed E-state index contributed by atoms with van der Waals surface area (Å²) in [4.78, 5) is 37.6. The number of allylic oxidation sites excluding steroid dienone is 12. The Morgan fingerprint density at radius 2 is 0.695 bits per heavy atom. The van der Waals surface area contributed by atoms with Gasteiger partial charge in [0.05, 0.1) is 34.4 Å². The summed E-state index contributed by atoms with van der Waals surface area (Å²) in [5, 5.41) is 9.73. The zero-order valence-corrected chi connectivity index (χ0v) is 54.4. The molecule has 0 amide bonds. The van der Waals surface area contributed by atoms with Crippen LogP contribution in [0, 0.1) is 0 Å². The highest BCUT2D eigenvalue weighted by molar-refractivity contribution is 5.71. The van der Waals surface area contributed by atoms with Gasteiger partial charge in [0.15, 0.2) is 6.10 Å². The summed E-state index contributed by atoms with van der Waals surface area (Å²) in [5.41, 5.74) is 0. The van der Waals surface area contributed by atoms with E-state index in [2.05, 4.69) is 86.8 Å². The minimum Gasteiger partial charge on any atom is -0.477 e. The molecule has 0 spiro atoms. The van der Waals surface area contributed by atoms with Gasteiger partial charge in [0.1, 0.15) is 13.2 Å². The summed E-state index contributed by atoms with van der Waals surface area (Å²) >= 11 is 0. The van der Waals surface area contributed by atoms with Gasteiger partial charge < -0.3 is 28.5 Å². The van der Waals surface area contributed by atoms with Crippen molar-refractivity contribution in [2.75, 3.05) is 47.5 Å². The second-order valence-corrected chi connectivity index (χ2v) is 24.5. The number of unbranched alkanes of at least 4 members (excludes halogenated alkanes) is 37. The number of aliphatic carboxylic acids is 1. The van der Waals surface area contributed by atoms with E-state index in [1.807, 2.05) is 21.1 Å². The van der Waals surface area contributed by atoms with Crippen LogP contribution in [0.1, 0.15) is 316 Å². The number of hydrogen-bond acceptors (Lipinski definition) is 7. The Bertz CT molecular complexity index is 1570. The van der Waals surface area contributed by atoms with Gasteiger partial charge in [0, 0.05) is 12.8 Å². The van der Waals surface area contributed by atoms with E-state index in [4.69, 9.17) is 18.9 Å². The Labute approximate surface area is 507 Å². The molecule has 0 aliphatic carbocycles. The first kappa shape index (κ1) is 78.7. The van der Waals surface area contributed by atoms with Crippen molar-refractivity contribution < 1.29 is 42.9 Å². The zero-order chi connectivity index (χ0) is 59.8. The molecular formula is C73H132NO8+. The minimum absolute atomic E-state index is 0.180. The van der Waals surface area contributed by atoms with Gasteiger partial charge in [0.25, 0.3) is 6.29 Å². The van der Waals surface area contributed by atoms with Crippen LogP contribution in [0.5, 0.6) is 0 Å². The SMILES string of the molecule is CC/C=C\C/C=C\C/C=C\C/C=C\C/C=C\C/C=C\CCCCCCC(=O)OC(COC(=O)CCCCCCCCCCCCCCCCCCCCCCCCCCCCCCCCCCCC)COC(OCC[N+](C)(C)C)C(=O)O. The number of hydrogen-bond donors (Lipinski definition) is 1. The van der Waals surface area contributed by atoms with Gasteiger partial charge in [-0.1, -0.05) is 311 Å². The van der Waals surface area contributed by atoms with Crippen LogP contribution in [0.15, 0.2) is 72.9 Å². The number of carbonyl (C=O) groups is 3. The fourth-order valence-corrected chi connectivity index (χ4v) is 9.96. The summed E-state index contributed by atoms with van der Waals surface area (Å²) in [6, 6.07) is 0. The van der Waals surface area contributed by atoms with Crippen molar-refractivity contribution in [2.45, 2.75) is 328 Å². The molecule has 9 nitrogen and oxygen atoms in total. The molecule has 0 rings (SSSR count). The van der Waals surface area contributed by atoms with Gasteiger partial charge in [-0.15, -0.1) is 0 Å². The Kier molecular flexibility index (Phi) is 61.2. The lowest BCUT2D eigenvalue weighted by molar-refractivity contribution is -0.870. The van der Waals surface area contributed by atoms with Crippen LogP contribution >= 0.6 is 0 Å². The lowest BCUT2D eigenvalue weighted by atomic mass is 10.0. The number of esters is 2. The van der Waals surface area contributed by atoms with Gasteiger partial charge in [-0.2, -0.15) is 0 Å². The Hall–Kier alpha value is -3.27. The average Bonchev–Trinajstić information content (AvgIpc) is 3.45. The fourth-order valence-electron chi connectivity index (χ4n) is 9.96. The molecule has 82 heavy (non-hydrogen) atoms. The second-order valence-electron chi connectivity index (χ2n) is 24.5. The van der Waals surface area contributed by atoms with E-state index < -0.39 is 24.3 Å². The number of likely N-dealkylation sites (N-methyl/N-ethyl adjacent to an activating group) is 1. The van der Waals surface area contributed by atoms with Gasteiger partial charge in [-0.05, 0) is 64.2 Å². The van der Waals surface area contributed by atoms with Crippen molar-refractivity contribution in [3.05, 3.63) is 72.9 Å². The van der Waals surface area contributed by atoms with Gasteiger partial charge in [-0.25, -0.2) is 4.79 Å². The van der Waals surface area contributed by atoms with Crippen molar-refractivity contribution in [1.29, 1.82) is 0 Å². The molecule has 0 aromatic carbocycles. The van der Waals surface area contributed by atoms with Crippen LogP contribution < -0.4 is 0 Å². The highest BCUT2D eigenvalue weighted by atomic mass is 16.7. The van der Waals surface area contributed by atoms with Crippen molar-refractivity contribution in [3.8, 4) is 0 Å². The van der Waals surface area contributed by atoms with E-state index in [-0.39, 0.29) is 32.2 Å². The molecule has 1 N–H and O–H groups in total. The smallest absolute Gasteiger partial charge is 0.361 e. The third kappa shape index (κ3) is 64.3. The number of rotatable bonds is 64. The molecule has 0 saturated carbocycles. The molecule has 0 heterocycles. The summed E-state index contributed by atoms with van der Waals surface area (Å²) < 4.78 is 22.9. The summed E-state index contributed by atoms with van der Waals surface area (Å²) in [7, 11) is 5.97. The average molecular weight is 1150 g/mol. The molecule has 2 unspecified atom stereocenters. The first-order chi connectivity index (χ1) is 40.1. The zero-order valence-electron chi connectivity index (χ0n) is 54.4. The van der Waals surface area contributed by atoms with Crippen LogP contribution in [0.4, 0.5) is 0 Å². The molecular weight excluding hydrogens is 1020 g/mol. The monoisotopic (exact) mass is 1150 g/mol. The predicted molar refractivity (Wildman–Crippen MR) is 350 cm³/mol. The number of nitrogens with zero attached hydrogens (tertiary/aromatic N) is 1. The first-order valence-electron chi connectivity index (χ1n) is 34.6. The lowest BCUT2D eigenvalue weighted by Crippen LogP contribution is -2.40. The molecule has 0 radical (unpaired) electrons. The van der Waals surface area contributed by atoms with Crippen LogP contribution in [-0.4, -0.2) is 87.4 Å². The maximum Gasteiger partial charge on any atom is 0.361 e. The van der Waals surface area contributed by atoms with E-state index in [0.717, 1.165) is 83.5 Å². The van der Waals surface area contributed by atoms with Crippen molar-refractivity contribution in [2.24, 2.45) is 0 Å². The molecule has 0 aliphatic heterocycles. The number of quaternary nitrogens is 1. The first-order valence-corrected chi connectivity index (χ1v) is 34.6. The molecule has 0 aliphatic rings. The number of carboxylic acids is 1. The Morgan fingerprint density at radius 1 is 0.378 bits per heavy atom. The second kappa shape index (κ2) is 63.7. The molecule has 0 aromatic heterocycles.